The predicted octanol–water partition coefficient (Wildman–Crippen LogP) is 4.75. The van der Waals surface area contributed by atoms with E-state index >= 15 is 0 Å². The molecule has 122 valence electrons. The van der Waals surface area contributed by atoms with Crippen LogP contribution >= 0.6 is 15.9 Å². The first-order valence-electron chi connectivity index (χ1n) is 8.24. The van der Waals surface area contributed by atoms with Crippen molar-refractivity contribution in [1.82, 2.24) is 4.90 Å². The Morgan fingerprint density at radius 2 is 1.75 bits per heavy atom. The fourth-order valence-electron chi connectivity index (χ4n) is 3.30. The molecule has 2 aromatic rings. The van der Waals surface area contributed by atoms with Crippen LogP contribution in [-0.4, -0.2) is 23.8 Å². The molecule has 0 saturated carbocycles. The van der Waals surface area contributed by atoms with Gasteiger partial charge in [-0.1, -0.05) is 40.2 Å². The summed E-state index contributed by atoms with van der Waals surface area (Å²) in [6, 6.07) is 15.5. The van der Waals surface area contributed by atoms with Crippen LogP contribution < -0.4 is 4.74 Å². The molecule has 0 aromatic heterocycles. The van der Waals surface area contributed by atoms with E-state index in [0.29, 0.717) is 11.3 Å². The van der Waals surface area contributed by atoms with Gasteiger partial charge in [0.25, 0.3) is 0 Å². The molecule has 2 aliphatic heterocycles. The lowest BCUT2D eigenvalue weighted by molar-refractivity contribution is 0.0956. The van der Waals surface area contributed by atoms with E-state index in [1.165, 1.54) is 12.8 Å². The first-order chi connectivity index (χ1) is 11.7. The highest BCUT2D eigenvalue weighted by atomic mass is 79.9. The number of benzene rings is 2. The molecule has 1 fully saturated rings. The summed E-state index contributed by atoms with van der Waals surface area (Å²) in [4.78, 5) is 15.3. The number of likely N-dealkylation sites (tertiary alicyclic amines) is 1. The smallest absolute Gasteiger partial charge is 0.198 e. The van der Waals surface area contributed by atoms with Gasteiger partial charge < -0.3 is 9.64 Å². The second-order valence-corrected chi connectivity index (χ2v) is 7.12. The minimum Gasteiger partial charge on any atom is -0.480 e. The highest BCUT2D eigenvalue weighted by molar-refractivity contribution is 9.10. The van der Waals surface area contributed by atoms with E-state index in [4.69, 9.17) is 4.74 Å². The highest BCUT2D eigenvalue weighted by Crippen LogP contribution is 2.39. The summed E-state index contributed by atoms with van der Waals surface area (Å²) < 4.78 is 7.23. The van der Waals surface area contributed by atoms with Crippen molar-refractivity contribution in [3.63, 3.8) is 0 Å². The fraction of sp³-hybridized carbons (Fsp3) is 0.250. The van der Waals surface area contributed by atoms with Crippen LogP contribution in [-0.2, 0) is 0 Å². The zero-order valence-electron chi connectivity index (χ0n) is 13.2. The highest BCUT2D eigenvalue weighted by Gasteiger charge is 2.33. The Bertz CT molecular complexity index is 792. The molecule has 0 aliphatic carbocycles. The van der Waals surface area contributed by atoms with Gasteiger partial charge in [-0.05, 0) is 42.7 Å². The second kappa shape index (κ2) is 6.44. The number of fused-ring (bicyclic) bond motifs is 1. The van der Waals surface area contributed by atoms with E-state index in [-0.39, 0.29) is 11.9 Å². The quantitative estimate of drug-likeness (QED) is 0.701. The number of ketones is 1. The number of hydrogen-bond acceptors (Lipinski definition) is 3. The zero-order chi connectivity index (χ0) is 16.5. The Hall–Kier alpha value is -2.07. The van der Waals surface area contributed by atoms with Gasteiger partial charge in [-0.3, -0.25) is 4.79 Å². The number of rotatable bonds is 2. The standard InChI is InChI=1S/C20H18BrNO2/c21-15-9-7-14(8-10-15)20-17(13-22-11-3-4-12-22)19(23)16-5-1-2-6-18(16)24-20/h1-2,5-10,13,20H,3-4,11-12H2/b17-13-. The lowest BCUT2D eigenvalue weighted by Crippen LogP contribution is -2.26. The fourth-order valence-corrected chi connectivity index (χ4v) is 3.57. The van der Waals surface area contributed by atoms with E-state index < -0.39 is 0 Å². The molecule has 3 nitrogen and oxygen atoms in total. The average molecular weight is 384 g/mol. The lowest BCUT2D eigenvalue weighted by Gasteiger charge is -2.29. The van der Waals surface area contributed by atoms with Gasteiger partial charge in [-0.2, -0.15) is 0 Å². The molecule has 0 bridgehead atoms. The maximum Gasteiger partial charge on any atom is 0.198 e. The van der Waals surface area contributed by atoms with Crippen molar-refractivity contribution in [1.29, 1.82) is 0 Å². The molecule has 1 saturated heterocycles. The van der Waals surface area contributed by atoms with Gasteiger partial charge in [0.1, 0.15) is 5.75 Å². The number of Topliss-reactive ketones (excluding diaryl/α,β-unsaturated/α-hetero) is 1. The van der Waals surface area contributed by atoms with Crippen molar-refractivity contribution in [2.45, 2.75) is 18.9 Å². The van der Waals surface area contributed by atoms with Crippen molar-refractivity contribution in [2.75, 3.05) is 13.1 Å². The van der Waals surface area contributed by atoms with Gasteiger partial charge in [0.2, 0.25) is 0 Å². The third kappa shape index (κ3) is 2.86. The zero-order valence-corrected chi connectivity index (χ0v) is 14.8. The van der Waals surface area contributed by atoms with Crippen molar-refractivity contribution in [3.05, 3.63) is 75.9 Å². The van der Waals surface area contributed by atoms with Gasteiger partial charge in [0.05, 0.1) is 11.1 Å². The maximum atomic E-state index is 13.1. The summed E-state index contributed by atoms with van der Waals surface area (Å²) in [5.41, 5.74) is 2.36. The number of halogens is 1. The van der Waals surface area contributed by atoms with Gasteiger partial charge in [0.15, 0.2) is 11.9 Å². The average Bonchev–Trinajstić information content (AvgIpc) is 3.11. The largest absolute Gasteiger partial charge is 0.480 e. The molecular formula is C20H18BrNO2. The molecule has 0 radical (unpaired) electrons. The van der Waals surface area contributed by atoms with Crippen LogP contribution in [0.25, 0.3) is 0 Å². The van der Waals surface area contributed by atoms with Crippen molar-refractivity contribution in [2.24, 2.45) is 0 Å². The van der Waals surface area contributed by atoms with E-state index in [1.807, 2.05) is 54.7 Å². The summed E-state index contributed by atoms with van der Waals surface area (Å²) in [5.74, 6) is 0.727. The number of para-hydroxylation sites is 1. The number of carbonyl (C=O) groups is 1. The van der Waals surface area contributed by atoms with Crippen molar-refractivity contribution >= 4 is 21.7 Å². The molecule has 4 rings (SSSR count). The van der Waals surface area contributed by atoms with E-state index in [9.17, 15) is 4.79 Å². The normalized spacial score (nSPS) is 21.7. The first kappa shape index (κ1) is 15.5. The van der Waals surface area contributed by atoms with E-state index in [2.05, 4.69) is 20.8 Å². The number of ether oxygens (including phenoxy) is 1. The molecule has 0 spiro atoms. The third-order valence-electron chi connectivity index (χ3n) is 4.56. The minimum absolute atomic E-state index is 0.0664. The molecule has 1 unspecified atom stereocenters. The third-order valence-corrected chi connectivity index (χ3v) is 5.08. The number of carbonyl (C=O) groups excluding carboxylic acids is 1. The van der Waals surface area contributed by atoms with Crippen LogP contribution in [0.1, 0.15) is 34.9 Å². The van der Waals surface area contributed by atoms with Gasteiger partial charge in [0, 0.05) is 23.8 Å². The van der Waals surface area contributed by atoms with E-state index in [1.54, 1.807) is 0 Å². The first-order valence-corrected chi connectivity index (χ1v) is 9.03. The van der Waals surface area contributed by atoms with Gasteiger partial charge in [-0.25, -0.2) is 0 Å². The summed E-state index contributed by atoms with van der Waals surface area (Å²) in [5, 5.41) is 0. The molecule has 4 heteroatoms. The lowest BCUT2D eigenvalue weighted by atomic mass is 9.91. The summed E-state index contributed by atoms with van der Waals surface area (Å²) in [7, 11) is 0. The van der Waals surface area contributed by atoms with Gasteiger partial charge >= 0.3 is 0 Å². The molecule has 0 N–H and O–H groups in total. The van der Waals surface area contributed by atoms with Crippen LogP contribution in [0.3, 0.4) is 0 Å². The topological polar surface area (TPSA) is 29.5 Å². The summed E-state index contributed by atoms with van der Waals surface area (Å²) >= 11 is 3.46. The monoisotopic (exact) mass is 383 g/mol. The molecular weight excluding hydrogens is 366 g/mol. The Labute approximate surface area is 150 Å². The van der Waals surface area contributed by atoms with E-state index in [0.717, 1.165) is 28.7 Å². The van der Waals surface area contributed by atoms with Crippen LogP contribution in [0.4, 0.5) is 0 Å². The predicted molar refractivity (Wildman–Crippen MR) is 97.2 cm³/mol. The molecule has 2 aliphatic rings. The minimum atomic E-state index is -0.360. The molecule has 2 aromatic carbocycles. The Morgan fingerprint density at radius 1 is 1.04 bits per heavy atom. The van der Waals surface area contributed by atoms with Crippen LogP contribution in [0, 0.1) is 0 Å². The Morgan fingerprint density at radius 3 is 2.50 bits per heavy atom. The summed E-state index contributed by atoms with van der Waals surface area (Å²) in [6.07, 6.45) is 4.01. The van der Waals surface area contributed by atoms with Crippen LogP contribution in [0.15, 0.2) is 64.8 Å². The summed E-state index contributed by atoms with van der Waals surface area (Å²) in [6.45, 7) is 2.01. The van der Waals surface area contributed by atoms with Crippen LogP contribution in [0.5, 0.6) is 5.75 Å². The second-order valence-electron chi connectivity index (χ2n) is 6.20. The maximum absolute atomic E-state index is 13.1. The van der Waals surface area contributed by atoms with Gasteiger partial charge in [-0.15, -0.1) is 0 Å². The number of hydrogen-bond donors (Lipinski definition) is 0. The van der Waals surface area contributed by atoms with Crippen molar-refractivity contribution < 1.29 is 9.53 Å². The molecule has 24 heavy (non-hydrogen) atoms. The molecule has 2 heterocycles. The molecule has 0 amide bonds. The van der Waals surface area contributed by atoms with Crippen molar-refractivity contribution in [3.8, 4) is 5.75 Å². The Balaban J connectivity index is 1.79. The SMILES string of the molecule is O=C1/C(=C/N2CCCC2)C(c2ccc(Br)cc2)Oc2ccccc21. The Kier molecular flexibility index (Phi) is 4.15. The molecule has 1 atom stereocenters. The number of nitrogens with zero attached hydrogens (tertiary/aromatic N) is 1. The van der Waals surface area contributed by atoms with Crippen LogP contribution in [0.2, 0.25) is 0 Å².